The Bertz CT molecular complexity index is 342. The molecule has 0 fully saturated rings. The third kappa shape index (κ3) is 2.20. The number of nitrogens with two attached hydrogens (primary N) is 1. The van der Waals surface area contributed by atoms with E-state index in [-0.39, 0.29) is 6.61 Å². The van der Waals surface area contributed by atoms with Gasteiger partial charge in [-0.1, -0.05) is 6.07 Å². The summed E-state index contributed by atoms with van der Waals surface area (Å²) in [6.45, 7) is 1.14. The first-order valence-electron chi connectivity index (χ1n) is 4.70. The van der Waals surface area contributed by atoms with Gasteiger partial charge in [-0.15, -0.1) is 0 Å². The number of fused-ring (bicyclic) bond motifs is 1. The number of hydrogen-bond acceptors (Lipinski definition) is 5. The van der Waals surface area contributed by atoms with Gasteiger partial charge in [0, 0.05) is 0 Å². The van der Waals surface area contributed by atoms with Crippen LogP contribution in [0.3, 0.4) is 0 Å². The molecule has 1 heterocycles. The summed E-state index contributed by atoms with van der Waals surface area (Å²) in [6, 6.07) is 5.26. The predicted molar refractivity (Wildman–Crippen MR) is 52.5 cm³/mol. The van der Waals surface area contributed by atoms with E-state index >= 15 is 0 Å². The van der Waals surface area contributed by atoms with Crippen molar-refractivity contribution in [3.8, 4) is 11.5 Å². The molecule has 0 aromatic heterocycles. The zero-order valence-corrected chi connectivity index (χ0v) is 8.18. The van der Waals surface area contributed by atoms with E-state index < -0.39 is 6.10 Å². The molecule has 0 bridgehead atoms. The van der Waals surface area contributed by atoms with Gasteiger partial charge in [-0.2, -0.15) is 0 Å². The van der Waals surface area contributed by atoms with Crippen LogP contribution in [-0.2, 0) is 4.84 Å². The third-order valence-corrected chi connectivity index (χ3v) is 2.21. The molecule has 0 spiro atoms. The summed E-state index contributed by atoms with van der Waals surface area (Å²) < 4.78 is 10.7. The second-order valence-corrected chi connectivity index (χ2v) is 3.25. The molecule has 1 atom stereocenters. The van der Waals surface area contributed by atoms with Crippen LogP contribution in [0.25, 0.3) is 0 Å². The average Bonchev–Trinajstić information content (AvgIpc) is 2.29. The molecular formula is C10H13NO4. The van der Waals surface area contributed by atoms with Crippen molar-refractivity contribution < 1.29 is 19.4 Å². The van der Waals surface area contributed by atoms with E-state index in [0.29, 0.717) is 30.3 Å². The van der Waals surface area contributed by atoms with Crippen LogP contribution in [0.15, 0.2) is 18.2 Å². The van der Waals surface area contributed by atoms with Crippen molar-refractivity contribution in [2.45, 2.75) is 6.10 Å². The molecule has 3 N–H and O–H groups in total. The lowest BCUT2D eigenvalue weighted by Crippen LogP contribution is -2.16. The van der Waals surface area contributed by atoms with Gasteiger partial charge in [0.15, 0.2) is 11.5 Å². The van der Waals surface area contributed by atoms with Gasteiger partial charge in [0.25, 0.3) is 0 Å². The molecular weight excluding hydrogens is 198 g/mol. The van der Waals surface area contributed by atoms with Crippen LogP contribution in [0.1, 0.15) is 11.7 Å². The van der Waals surface area contributed by atoms with E-state index in [1.807, 2.05) is 0 Å². The molecule has 0 aliphatic carbocycles. The highest BCUT2D eigenvalue weighted by molar-refractivity contribution is 5.44. The van der Waals surface area contributed by atoms with Gasteiger partial charge >= 0.3 is 0 Å². The Kier molecular flexibility index (Phi) is 3.05. The van der Waals surface area contributed by atoms with Gasteiger partial charge in [0.05, 0.1) is 6.61 Å². The van der Waals surface area contributed by atoms with Crippen LogP contribution < -0.4 is 15.4 Å². The number of aliphatic hydroxyl groups excluding tert-OH is 1. The Balaban J connectivity index is 2.20. The topological polar surface area (TPSA) is 73.9 Å². The summed E-state index contributed by atoms with van der Waals surface area (Å²) in [5.74, 6) is 6.24. The molecule has 15 heavy (non-hydrogen) atoms. The maximum absolute atomic E-state index is 9.62. The van der Waals surface area contributed by atoms with Gasteiger partial charge in [-0.25, -0.2) is 5.90 Å². The Labute approximate surface area is 87.3 Å². The van der Waals surface area contributed by atoms with Crippen LogP contribution in [-0.4, -0.2) is 24.9 Å². The maximum atomic E-state index is 9.62. The molecule has 5 heteroatoms. The van der Waals surface area contributed by atoms with Gasteiger partial charge in [0.1, 0.15) is 19.3 Å². The fourth-order valence-electron chi connectivity index (χ4n) is 1.45. The maximum Gasteiger partial charge on any atom is 0.161 e. The standard InChI is InChI=1S/C10H13NO4/c11-15-6-8(12)7-1-2-9-10(5-7)14-4-3-13-9/h1-2,5,8,12H,3-4,6,11H2. The molecule has 82 valence electrons. The summed E-state index contributed by atoms with van der Waals surface area (Å²) in [5, 5.41) is 9.62. The molecule has 0 saturated heterocycles. The van der Waals surface area contributed by atoms with Crippen molar-refractivity contribution in [1.82, 2.24) is 0 Å². The average molecular weight is 211 g/mol. The second kappa shape index (κ2) is 4.48. The quantitative estimate of drug-likeness (QED) is 0.707. The van der Waals surface area contributed by atoms with Crippen molar-refractivity contribution in [2.24, 2.45) is 5.90 Å². The first kappa shape index (κ1) is 10.2. The lowest BCUT2D eigenvalue weighted by molar-refractivity contribution is 0.0356. The van der Waals surface area contributed by atoms with E-state index in [1.165, 1.54) is 0 Å². The normalized spacial score (nSPS) is 16.1. The number of ether oxygens (including phenoxy) is 2. The molecule has 1 aromatic carbocycles. The minimum atomic E-state index is -0.745. The van der Waals surface area contributed by atoms with E-state index in [4.69, 9.17) is 15.4 Å². The third-order valence-electron chi connectivity index (χ3n) is 2.21. The number of benzene rings is 1. The Morgan fingerprint density at radius 1 is 1.33 bits per heavy atom. The Morgan fingerprint density at radius 2 is 2.07 bits per heavy atom. The monoisotopic (exact) mass is 211 g/mol. The molecule has 1 unspecified atom stereocenters. The summed E-state index contributed by atoms with van der Waals surface area (Å²) in [6.07, 6.45) is -0.745. The van der Waals surface area contributed by atoms with Gasteiger partial charge in [0.2, 0.25) is 0 Å². The smallest absolute Gasteiger partial charge is 0.161 e. The van der Waals surface area contributed by atoms with E-state index in [9.17, 15) is 5.11 Å². The molecule has 0 saturated carbocycles. The minimum absolute atomic E-state index is 0.0552. The van der Waals surface area contributed by atoms with Gasteiger partial charge < -0.3 is 19.4 Å². The highest BCUT2D eigenvalue weighted by Gasteiger charge is 2.15. The first-order chi connectivity index (χ1) is 7.31. The molecule has 1 aromatic rings. The summed E-state index contributed by atoms with van der Waals surface area (Å²) >= 11 is 0. The van der Waals surface area contributed by atoms with Crippen molar-refractivity contribution >= 4 is 0 Å². The van der Waals surface area contributed by atoms with Crippen LogP contribution in [0.2, 0.25) is 0 Å². The fourth-order valence-corrected chi connectivity index (χ4v) is 1.45. The van der Waals surface area contributed by atoms with Crippen LogP contribution in [0, 0.1) is 0 Å². The summed E-state index contributed by atoms with van der Waals surface area (Å²) in [5.41, 5.74) is 0.699. The first-order valence-corrected chi connectivity index (χ1v) is 4.70. The fraction of sp³-hybridized carbons (Fsp3) is 0.400. The van der Waals surface area contributed by atoms with E-state index in [0.717, 1.165) is 0 Å². The Morgan fingerprint density at radius 3 is 2.80 bits per heavy atom. The number of rotatable bonds is 3. The van der Waals surface area contributed by atoms with Crippen LogP contribution >= 0.6 is 0 Å². The minimum Gasteiger partial charge on any atom is -0.486 e. The van der Waals surface area contributed by atoms with E-state index in [2.05, 4.69) is 4.84 Å². The molecule has 2 rings (SSSR count). The highest BCUT2D eigenvalue weighted by atomic mass is 16.6. The summed E-state index contributed by atoms with van der Waals surface area (Å²) in [4.78, 5) is 4.38. The predicted octanol–water partition coefficient (Wildman–Crippen LogP) is 0.381. The molecule has 1 aliphatic heterocycles. The van der Waals surface area contributed by atoms with Crippen LogP contribution in [0.5, 0.6) is 11.5 Å². The zero-order valence-electron chi connectivity index (χ0n) is 8.18. The molecule has 0 amide bonds. The number of hydrogen-bond donors (Lipinski definition) is 2. The van der Waals surface area contributed by atoms with Crippen LogP contribution in [0.4, 0.5) is 0 Å². The number of aliphatic hydroxyl groups is 1. The summed E-state index contributed by atoms with van der Waals surface area (Å²) in [7, 11) is 0. The molecule has 5 nitrogen and oxygen atoms in total. The molecule has 1 aliphatic rings. The van der Waals surface area contributed by atoms with E-state index in [1.54, 1.807) is 18.2 Å². The van der Waals surface area contributed by atoms with Gasteiger partial charge in [-0.3, -0.25) is 0 Å². The lowest BCUT2D eigenvalue weighted by Gasteiger charge is -2.19. The SMILES string of the molecule is NOCC(O)c1ccc2c(c1)OCCO2. The van der Waals surface area contributed by atoms with Crippen molar-refractivity contribution in [3.63, 3.8) is 0 Å². The van der Waals surface area contributed by atoms with Gasteiger partial charge in [-0.05, 0) is 17.7 Å². The molecule has 0 radical (unpaired) electrons. The largest absolute Gasteiger partial charge is 0.486 e. The Hall–Kier alpha value is -1.30. The highest BCUT2D eigenvalue weighted by Crippen LogP contribution is 2.32. The van der Waals surface area contributed by atoms with Crippen molar-refractivity contribution in [3.05, 3.63) is 23.8 Å². The lowest BCUT2D eigenvalue weighted by atomic mass is 10.1. The van der Waals surface area contributed by atoms with Crippen molar-refractivity contribution in [1.29, 1.82) is 0 Å². The van der Waals surface area contributed by atoms with Crippen molar-refractivity contribution in [2.75, 3.05) is 19.8 Å². The zero-order chi connectivity index (χ0) is 10.7. The second-order valence-electron chi connectivity index (χ2n) is 3.25.